The highest BCUT2D eigenvalue weighted by atomic mass is 16.6. The molecule has 0 aromatic rings. The molecule has 20 heavy (non-hydrogen) atoms. The third kappa shape index (κ3) is 3.87. The second-order valence-corrected chi connectivity index (χ2v) is 6.50. The number of nitrogens with one attached hydrogen (secondary N) is 1. The van der Waals surface area contributed by atoms with Crippen LogP contribution in [0.1, 0.15) is 52.9 Å². The van der Waals surface area contributed by atoms with Crippen LogP contribution < -0.4 is 5.32 Å². The molecule has 0 unspecified atom stereocenters. The van der Waals surface area contributed by atoms with E-state index in [9.17, 15) is 4.79 Å². The molecule has 1 saturated heterocycles. The maximum absolute atomic E-state index is 11.7. The molecule has 0 spiro atoms. The standard InChI is InChI=1S/C16H30N2O2/c1-4-20-16(19)18-10-8-14(9-11-18)17-15-7-5-6-12(2)13(15)3/h12-15,17H,4-11H2,1-3H3/t12-,13-,15+/m0/s1. The van der Waals surface area contributed by atoms with Crippen molar-refractivity contribution in [3.63, 3.8) is 0 Å². The van der Waals surface area contributed by atoms with Gasteiger partial charge in [0.05, 0.1) is 6.61 Å². The van der Waals surface area contributed by atoms with Gasteiger partial charge in [-0.05, 0) is 38.0 Å². The van der Waals surface area contributed by atoms with Gasteiger partial charge in [-0.25, -0.2) is 4.79 Å². The van der Waals surface area contributed by atoms with E-state index in [4.69, 9.17) is 4.74 Å². The zero-order chi connectivity index (χ0) is 14.5. The Bertz CT molecular complexity index is 314. The Kier molecular flexibility index (Phi) is 5.70. The van der Waals surface area contributed by atoms with Crippen LogP contribution in [-0.4, -0.2) is 42.8 Å². The summed E-state index contributed by atoms with van der Waals surface area (Å²) in [5.41, 5.74) is 0. The van der Waals surface area contributed by atoms with E-state index in [1.54, 1.807) is 0 Å². The van der Waals surface area contributed by atoms with Crippen molar-refractivity contribution < 1.29 is 9.53 Å². The van der Waals surface area contributed by atoms with E-state index in [0.29, 0.717) is 18.7 Å². The van der Waals surface area contributed by atoms with Crippen LogP contribution in [0.15, 0.2) is 0 Å². The van der Waals surface area contributed by atoms with Gasteiger partial charge < -0.3 is 15.0 Å². The Hall–Kier alpha value is -0.770. The maximum Gasteiger partial charge on any atom is 0.409 e. The molecule has 2 rings (SSSR count). The van der Waals surface area contributed by atoms with Crippen LogP contribution >= 0.6 is 0 Å². The van der Waals surface area contributed by atoms with Crippen LogP contribution in [0.5, 0.6) is 0 Å². The number of piperidine rings is 1. The number of hydrogen-bond acceptors (Lipinski definition) is 3. The van der Waals surface area contributed by atoms with Crippen LogP contribution in [0.2, 0.25) is 0 Å². The molecule has 1 aliphatic carbocycles. The lowest BCUT2D eigenvalue weighted by Gasteiger charge is -2.39. The number of amides is 1. The van der Waals surface area contributed by atoms with E-state index in [0.717, 1.165) is 37.8 Å². The van der Waals surface area contributed by atoms with Gasteiger partial charge in [0.15, 0.2) is 0 Å². The van der Waals surface area contributed by atoms with Crippen molar-refractivity contribution in [3.8, 4) is 0 Å². The molecule has 1 amide bonds. The molecule has 4 heteroatoms. The first kappa shape index (κ1) is 15.6. The summed E-state index contributed by atoms with van der Waals surface area (Å²) < 4.78 is 5.06. The lowest BCUT2D eigenvalue weighted by atomic mass is 9.77. The minimum Gasteiger partial charge on any atom is -0.450 e. The van der Waals surface area contributed by atoms with Gasteiger partial charge in [0.2, 0.25) is 0 Å². The van der Waals surface area contributed by atoms with Crippen LogP contribution in [0.25, 0.3) is 0 Å². The van der Waals surface area contributed by atoms with Crippen LogP contribution in [0.3, 0.4) is 0 Å². The highest BCUT2D eigenvalue weighted by Gasteiger charge is 2.30. The van der Waals surface area contributed by atoms with Gasteiger partial charge in [-0.1, -0.05) is 26.7 Å². The Labute approximate surface area is 123 Å². The van der Waals surface area contributed by atoms with Gasteiger partial charge in [0.1, 0.15) is 0 Å². The van der Waals surface area contributed by atoms with E-state index >= 15 is 0 Å². The lowest BCUT2D eigenvalue weighted by molar-refractivity contribution is 0.0910. The lowest BCUT2D eigenvalue weighted by Crippen LogP contribution is -2.51. The number of carbonyl (C=O) groups is 1. The van der Waals surface area contributed by atoms with Gasteiger partial charge in [0, 0.05) is 25.2 Å². The second kappa shape index (κ2) is 7.30. The predicted molar refractivity (Wildman–Crippen MR) is 80.7 cm³/mol. The first-order valence-corrected chi connectivity index (χ1v) is 8.29. The molecule has 0 aromatic carbocycles. The van der Waals surface area contributed by atoms with Crippen molar-refractivity contribution in [2.75, 3.05) is 19.7 Å². The monoisotopic (exact) mass is 282 g/mol. The summed E-state index contributed by atoms with van der Waals surface area (Å²) in [5.74, 6) is 1.60. The minimum atomic E-state index is -0.148. The summed E-state index contributed by atoms with van der Waals surface area (Å²) in [7, 11) is 0. The molecule has 4 nitrogen and oxygen atoms in total. The minimum absolute atomic E-state index is 0.148. The molecular formula is C16H30N2O2. The largest absolute Gasteiger partial charge is 0.450 e. The molecule has 3 atom stereocenters. The molecule has 2 aliphatic rings. The fourth-order valence-corrected chi connectivity index (χ4v) is 3.56. The summed E-state index contributed by atoms with van der Waals surface area (Å²) in [4.78, 5) is 13.5. The first-order chi connectivity index (χ1) is 9.61. The molecule has 1 heterocycles. The third-order valence-corrected chi connectivity index (χ3v) is 5.18. The fourth-order valence-electron chi connectivity index (χ4n) is 3.56. The van der Waals surface area contributed by atoms with Gasteiger partial charge in [-0.2, -0.15) is 0 Å². The topological polar surface area (TPSA) is 41.6 Å². The van der Waals surface area contributed by atoms with E-state index in [-0.39, 0.29) is 6.09 Å². The molecule has 0 bridgehead atoms. The van der Waals surface area contributed by atoms with Gasteiger partial charge in [0.25, 0.3) is 0 Å². The summed E-state index contributed by atoms with van der Waals surface area (Å²) in [5, 5.41) is 3.85. The van der Waals surface area contributed by atoms with Crippen LogP contribution in [-0.2, 0) is 4.74 Å². The number of rotatable bonds is 3. The number of ether oxygens (including phenoxy) is 1. The van der Waals surface area contributed by atoms with Crippen molar-refractivity contribution in [2.45, 2.75) is 65.0 Å². The van der Waals surface area contributed by atoms with E-state index in [1.807, 2.05) is 11.8 Å². The predicted octanol–water partition coefficient (Wildman–Crippen LogP) is 3.02. The quantitative estimate of drug-likeness (QED) is 0.865. The average molecular weight is 282 g/mol. The third-order valence-electron chi connectivity index (χ3n) is 5.18. The van der Waals surface area contributed by atoms with Crippen molar-refractivity contribution in [1.29, 1.82) is 0 Å². The molecule has 1 aliphatic heterocycles. The zero-order valence-electron chi connectivity index (χ0n) is 13.2. The second-order valence-electron chi connectivity index (χ2n) is 6.50. The molecule has 1 saturated carbocycles. The summed E-state index contributed by atoms with van der Waals surface area (Å²) in [6, 6.07) is 1.23. The molecule has 0 aromatic heterocycles. The summed E-state index contributed by atoms with van der Waals surface area (Å²) in [6.07, 6.45) is 5.99. The van der Waals surface area contributed by atoms with Crippen molar-refractivity contribution in [2.24, 2.45) is 11.8 Å². The summed E-state index contributed by atoms with van der Waals surface area (Å²) >= 11 is 0. The molecule has 1 N–H and O–H groups in total. The number of likely N-dealkylation sites (tertiary alicyclic amines) is 1. The fraction of sp³-hybridized carbons (Fsp3) is 0.938. The van der Waals surface area contributed by atoms with Gasteiger partial charge in [-0.15, -0.1) is 0 Å². The molecule has 2 fully saturated rings. The average Bonchev–Trinajstić information content (AvgIpc) is 2.45. The normalized spacial score (nSPS) is 32.1. The van der Waals surface area contributed by atoms with E-state index in [1.165, 1.54) is 19.3 Å². The van der Waals surface area contributed by atoms with E-state index < -0.39 is 0 Å². The maximum atomic E-state index is 11.7. The number of nitrogens with zero attached hydrogens (tertiary/aromatic N) is 1. The van der Waals surface area contributed by atoms with Gasteiger partial charge >= 0.3 is 6.09 Å². The van der Waals surface area contributed by atoms with Crippen LogP contribution in [0.4, 0.5) is 4.79 Å². The Morgan fingerprint density at radius 1 is 1.20 bits per heavy atom. The molecule has 0 radical (unpaired) electrons. The number of carbonyl (C=O) groups excluding carboxylic acids is 1. The number of hydrogen-bond donors (Lipinski definition) is 1. The SMILES string of the molecule is CCOC(=O)N1CCC(N[C@@H]2CCC[C@H](C)[C@@H]2C)CC1. The highest BCUT2D eigenvalue weighted by Crippen LogP contribution is 2.30. The summed E-state index contributed by atoms with van der Waals surface area (Å²) in [6.45, 7) is 8.74. The Balaban J connectivity index is 1.75. The van der Waals surface area contributed by atoms with Crippen LogP contribution in [0, 0.1) is 11.8 Å². The highest BCUT2D eigenvalue weighted by molar-refractivity contribution is 5.67. The Morgan fingerprint density at radius 2 is 1.90 bits per heavy atom. The van der Waals surface area contributed by atoms with Crippen molar-refractivity contribution in [3.05, 3.63) is 0 Å². The zero-order valence-corrected chi connectivity index (χ0v) is 13.2. The molecule has 116 valence electrons. The van der Waals surface area contributed by atoms with Crippen molar-refractivity contribution in [1.82, 2.24) is 10.2 Å². The van der Waals surface area contributed by atoms with E-state index in [2.05, 4.69) is 19.2 Å². The smallest absolute Gasteiger partial charge is 0.409 e. The molecular weight excluding hydrogens is 252 g/mol. The van der Waals surface area contributed by atoms with Crippen molar-refractivity contribution >= 4 is 6.09 Å². The van der Waals surface area contributed by atoms with Gasteiger partial charge in [-0.3, -0.25) is 0 Å². The first-order valence-electron chi connectivity index (χ1n) is 8.29. The Morgan fingerprint density at radius 3 is 2.55 bits per heavy atom.